The summed E-state index contributed by atoms with van der Waals surface area (Å²) in [7, 11) is -1.44. The Hall–Kier alpha value is -0.443. The van der Waals surface area contributed by atoms with E-state index in [1.165, 1.54) is 18.1 Å². The van der Waals surface area contributed by atoms with Gasteiger partial charge in [-0.3, -0.25) is 0 Å². The number of aliphatic imine (C=N–C) groups is 1. The maximum atomic E-state index is 9.87. The Kier molecular flexibility index (Phi) is 8.57. The van der Waals surface area contributed by atoms with Gasteiger partial charge >= 0.3 is 0 Å². The van der Waals surface area contributed by atoms with Crippen LogP contribution in [0.5, 0.6) is 0 Å². The zero-order valence-corrected chi connectivity index (χ0v) is 11.2. The van der Waals surface area contributed by atoms with E-state index in [2.05, 4.69) is 25.8 Å². The summed E-state index contributed by atoms with van der Waals surface area (Å²) in [5.74, 6) is 0. The Labute approximate surface area is 94.1 Å². The van der Waals surface area contributed by atoms with Crippen molar-refractivity contribution < 1.29 is 9.22 Å². The molecule has 0 aromatic carbocycles. The molecule has 0 atom stereocenters. The second kappa shape index (κ2) is 8.83. The summed E-state index contributed by atoms with van der Waals surface area (Å²) in [6.07, 6.45) is 3.68. The first-order chi connectivity index (χ1) is 7.24. The Morgan fingerprint density at radius 1 is 1.20 bits per heavy atom. The van der Waals surface area contributed by atoms with Crippen molar-refractivity contribution in [2.45, 2.75) is 51.7 Å². The van der Waals surface area contributed by atoms with Crippen molar-refractivity contribution in [2.75, 3.05) is 13.2 Å². The molecule has 0 aliphatic carbocycles. The van der Waals surface area contributed by atoms with Crippen molar-refractivity contribution >= 4 is 14.4 Å². The number of hydrogen-bond donors (Lipinski definition) is 0. The zero-order valence-electron chi connectivity index (χ0n) is 10.2. The van der Waals surface area contributed by atoms with E-state index >= 15 is 0 Å². The van der Waals surface area contributed by atoms with Gasteiger partial charge in [-0.15, -0.1) is 0 Å². The number of carbonyl (C=O) groups excluding carboxylic acids is 1. The van der Waals surface area contributed by atoms with E-state index in [4.69, 9.17) is 4.43 Å². The molecule has 0 unspecified atom stereocenters. The highest BCUT2D eigenvalue weighted by molar-refractivity contribution is 6.73. The molecule has 0 saturated carbocycles. The predicted molar refractivity (Wildman–Crippen MR) is 65.4 cm³/mol. The normalized spacial score (nSPS) is 11.1. The van der Waals surface area contributed by atoms with Crippen LogP contribution >= 0.6 is 0 Å². The minimum Gasteiger partial charge on any atom is -0.417 e. The van der Waals surface area contributed by atoms with Gasteiger partial charge in [0.15, 0.2) is 8.32 Å². The standard InChI is InChI=1S/C11H23NO2Si/c1-4-14-15(5-2,6-3)10-8-7-9-12-11-13/h4-10H2,1-3H3. The van der Waals surface area contributed by atoms with Crippen LogP contribution in [0.4, 0.5) is 0 Å². The average Bonchev–Trinajstić information content (AvgIpc) is 2.27. The fourth-order valence-corrected chi connectivity index (χ4v) is 5.14. The van der Waals surface area contributed by atoms with Gasteiger partial charge in [0.25, 0.3) is 0 Å². The van der Waals surface area contributed by atoms with Gasteiger partial charge in [-0.05, 0) is 31.5 Å². The molecule has 15 heavy (non-hydrogen) atoms. The van der Waals surface area contributed by atoms with Gasteiger partial charge in [0.05, 0.1) is 6.54 Å². The lowest BCUT2D eigenvalue weighted by molar-refractivity contribution is 0.318. The highest BCUT2D eigenvalue weighted by Crippen LogP contribution is 2.24. The lowest BCUT2D eigenvalue weighted by atomic mass is 10.3. The number of isocyanates is 1. The topological polar surface area (TPSA) is 38.7 Å². The van der Waals surface area contributed by atoms with E-state index in [0.29, 0.717) is 6.54 Å². The van der Waals surface area contributed by atoms with Crippen LogP contribution < -0.4 is 0 Å². The summed E-state index contributed by atoms with van der Waals surface area (Å²) in [6, 6.07) is 3.57. The summed E-state index contributed by atoms with van der Waals surface area (Å²) in [5.41, 5.74) is 0. The Bertz CT molecular complexity index is 199. The monoisotopic (exact) mass is 229 g/mol. The molecule has 0 saturated heterocycles. The molecule has 0 rings (SSSR count). The van der Waals surface area contributed by atoms with Crippen LogP contribution in [-0.4, -0.2) is 27.5 Å². The number of unbranched alkanes of at least 4 members (excludes halogenated alkanes) is 1. The second-order valence-corrected chi connectivity index (χ2v) is 8.32. The quantitative estimate of drug-likeness (QED) is 0.264. The largest absolute Gasteiger partial charge is 0.417 e. The van der Waals surface area contributed by atoms with E-state index in [1.54, 1.807) is 6.08 Å². The molecular weight excluding hydrogens is 206 g/mol. The van der Waals surface area contributed by atoms with Crippen molar-refractivity contribution in [1.29, 1.82) is 0 Å². The zero-order chi connectivity index (χ0) is 11.6. The van der Waals surface area contributed by atoms with Gasteiger partial charge in [0.2, 0.25) is 6.08 Å². The Morgan fingerprint density at radius 2 is 1.87 bits per heavy atom. The smallest absolute Gasteiger partial charge is 0.234 e. The molecule has 4 heteroatoms. The molecule has 0 bridgehead atoms. The van der Waals surface area contributed by atoms with Gasteiger partial charge in [-0.1, -0.05) is 20.3 Å². The van der Waals surface area contributed by atoms with Crippen LogP contribution in [0, 0.1) is 0 Å². The van der Waals surface area contributed by atoms with Crippen molar-refractivity contribution in [3.8, 4) is 0 Å². The average molecular weight is 229 g/mol. The van der Waals surface area contributed by atoms with Gasteiger partial charge in [0, 0.05) is 6.61 Å². The first-order valence-electron chi connectivity index (χ1n) is 5.92. The van der Waals surface area contributed by atoms with E-state index in [0.717, 1.165) is 19.4 Å². The number of nitrogens with zero attached hydrogens (tertiary/aromatic N) is 1. The molecular formula is C11H23NO2Si. The minimum absolute atomic E-state index is 0.619. The number of hydrogen-bond acceptors (Lipinski definition) is 3. The molecule has 3 nitrogen and oxygen atoms in total. The summed E-state index contributed by atoms with van der Waals surface area (Å²) >= 11 is 0. The first-order valence-corrected chi connectivity index (χ1v) is 8.45. The van der Waals surface area contributed by atoms with Gasteiger partial charge < -0.3 is 4.43 Å². The maximum absolute atomic E-state index is 9.87. The molecule has 0 aliphatic rings. The SMILES string of the molecule is CCO[Si](CC)(CC)CCCCN=C=O. The van der Waals surface area contributed by atoms with E-state index < -0.39 is 8.32 Å². The van der Waals surface area contributed by atoms with Crippen LogP contribution in [0.25, 0.3) is 0 Å². The summed E-state index contributed by atoms with van der Waals surface area (Å²) in [5, 5.41) is 0. The third-order valence-corrected chi connectivity index (χ3v) is 7.70. The van der Waals surface area contributed by atoms with Crippen LogP contribution in [-0.2, 0) is 9.22 Å². The molecule has 0 aromatic rings. The number of rotatable bonds is 9. The molecule has 0 fully saturated rings. The summed E-state index contributed by atoms with van der Waals surface area (Å²) in [4.78, 5) is 13.4. The summed E-state index contributed by atoms with van der Waals surface area (Å²) in [6.45, 7) is 7.99. The molecule has 0 spiro atoms. The lowest BCUT2D eigenvalue weighted by Crippen LogP contribution is -2.36. The van der Waals surface area contributed by atoms with Gasteiger partial charge in [-0.2, -0.15) is 0 Å². The maximum Gasteiger partial charge on any atom is 0.234 e. The van der Waals surface area contributed by atoms with Crippen LogP contribution in [0.1, 0.15) is 33.6 Å². The van der Waals surface area contributed by atoms with Crippen molar-refractivity contribution in [2.24, 2.45) is 4.99 Å². The lowest BCUT2D eigenvalue weighted by Gasteiger charge is -2.28. The Balaban J connectivity index is 3.89. The van der Waals surface area contributed by atoms with Crippen molar-refractivity contribution in [3.05, 3.63) is 0 Å². The van der Waals surface area contributed by atoms with Crippen LogP contribution in [0.3, 0.4) is 0 Å². The van der Waals surface area contributed by atoms with Gasteiger partial charge in [0.1, 0.15) is 0 Å². The third-order valence-electron chi connectivity index (χ3n) is 2.96. The molecule has 0 aromatic heterocycles. The second-order valence-electron chi connectivity index (χ2n) is 3.75. The molecule has 0 aliphatic heterocycles. The highest BCUT2D eigenvalue weighted by Gasteiger charge is 2.29. The summed E-state index contributed by atoms with van der Waals surface area (Å²) < 4.78 is 5.97. The Morgan fingerprint density at radius 3 is 2.33 bits per heavy atom. The fraction of sp³-hybridized carbons (Fsp3) is 0.909. The van der Waals surface area contributed by atoms with E-state index in [1.807, 2.05) is 0 Å². The fourth-order valence-electron chi connectivity index (χ4n) is 1.87. The predicted octanol–water partition coefficient (Wildman–Crippen LogP) is 3.12. The van der Waals surface area contributed by atoms with E-state index in [9.17, 15) is 4.79 Å². The van der Waals surface area contributed by atoms with Crippen LogP contribution in [0.2, 0.25) is 18.1 Å². The molecule has 0 radical (unpaired) electrons. The molecule has 0 N–H and O–H groups in total. The molecule has 0 heterocycles. The molecule has 0 amide bonds. The van der Waals surface area contributed by atoms with Gasteiger partial charge in [-0.25, -0.2) is 9.79 Å². The third kappa shape index (κ3) is 5.87. The van der Waals surface area contributed by atoms with Crippen LogP contribution in [0.15, 0.2) is 4.99 Å². The first kappa shape index (κ1) is 14.6. The minimum atomic E-state index is -1.44. The van der Waals surface area contributed by atoms with Crippen molar-refractivity contribution in [3.63, 3.8) is 0 Å². The molecule has 88 valence electrons. The van der Waals surface area contributed by atoms with E-state index in [-0.39, 0.29) is 0 Å². The highest BCUT2D eigenvalue weighted by atomic mass is 28.4. The van der Waals surface area contributed by atoms with Crippen molar-refractivity contribution in [1.82, 2.24) is 0 Å².